The van der Waals surface area contributed by atoms with Crippen molar-refractivity contribution in [3.05, 3.63) is 90.5 Å². The number of nitrogens with zero attached hydrogens (tertiary/aromatic N) is 4. The van der Waals surface area contributed by atoms with Crippen molar-refractivity contribution < 1.29 is 9.47 Å². The van der Waals surface area contributed by atoms with Gasteiger partial charge in [0.05, 0.1) is 24.2 Å². The highest BCUT2D eigenvalue weighted by molar-refractivity contribution is 5.93. The van der Waals surface area contributed by atoms with Crippen molar-refractivity contribution in [3.8, 4) is 11.5 Å². The lowest BCUT2D eigenvalue weighted by molar-refractivity contribution is 0.210. The number of rotatable bonds is 11. The SMILES string of the molecule is CCOc1cc(CN2CCC(Nc3cc(N4CCC(Nc5ccc6ccccc6n5)CC4)c4ccccc4n3)CC2)cc(OCC)c1. The van der Waals surface area contributed by atoms with Gasteiger partial charge in [-0.2, -0.15) is 0 Å². The van der Waals surface area contributed by atoms with E-state index in [9.17, 15) is 0 Å². The first-order valence-electron chi connectivity index (χ1n) is 17.3. The highest BCUT2D eigenvalue weighted by Crippen LogP contribution is 2.32. The van der Waals surface area contributed by atoms with Crippen molar-refractivity contribution in [1.82, 2.24) is 14.9 Å². The fraction of sp³-hybridized carbons (Fsp3) is 0.385. The van der Waals surface area contributed by atoms with Crippen molar-refractivity contribution >= 4 is 39.1 Å². The molecule has 0 bridgehead atoms. The molecule has 0 unspecified atom stereocenters. The van der Waals surface area contributed by atoms with E-state index in [4.69, 9.17) is 19.4 Å². The lowest BCUT2D eigenvalue weighted by atomic mass is 10.0. The van der Waals surface area contributed by atoms with Crippen molar-refractivity contribution in [2.24, 2.45) is 0 Å². The molecule has 0 saturated carbocycles. The minimum Gasteiger partial charge on any atom is -0.494 e. The van der Waals surface area contributed by atoms with Gasteiger partial charge < -0.3 is 25.0 Å². The third-order valence-electron chi connectivity index (χ3n) is 9.39. The summed E-state index contributed by atoms with van der Waals surface area (Å²) >= 11 is 0. The van der Waals surface area contributed by atoms with Crippen LogP contribution in [0.4, 0.5) is 17.3 Å². The number of para-hydroxylation sites is 2. The Morgan fingerprint density at radius 3 is 2.00 bits per heavy atom. The molecule has 2 saturated heterocycles. The topological polar surface area (TPSA) is 74.8 Å². The second-order valence-electron chi connectivity index (χ2n) is 12.7. The molecule has 244 valence electrons. The Kier molecular flexibility index (Phi) is 9.56. The van der Waals surface area contributed by atoms with Crippen molar-refractivity contribution in [2.75, 3.05) is 54.9 Å². The number of aromatic nitrogens is 2. The van der Waals surface area contributed by atoms with Crippen LogP contribution in [0.1, 0.15) is 45.1 Å². The Hall–Kier alpha value is -4.56. The van der Waals surface area contributed by atoms with Gasteiger partial charge in [-0.15, -0.1) is 0 Å². The summed E-state index contributed by atoms with van der Waals surface area (Å²) in [5.41, 5.74) is 4.59. The van der Waals surface area contributed by atoms with E-state index in [0.29, 0.717) is 25.3 Å². The lowest BCUT2D eigenvalue weighted by Gasteiger charge is -2.35. The number of pyridine rings is 2. The van der Waals surface area contributed by atoms with E-state index in [0.717, 1.165) is 92.6 Å². The number of ether oxygens (including phenoxy) is 2. The normalized spacial score (nSPS) is 16.4. The molecular weight excluding hydrogens is 584 g/mol. The van der Waals surface area contributed by atoms with Gasteiger partial charge in [0.1, 0.15) is 23.1 Å². The van der Waals surface area contributed by atoms with Gasteiger partial charge in [-0.25, -0.2) is 9.97 Å². The number of piperidine rings is 2. The van der Waals surface area contributed by atoms with Crippen molar-refractivity contribution in [2.45, 2.75) is 58.2 Å². The Morgan fingerprint density at radius 1 is 0.660 bits per heavy atom. The van der Waals surface area contributed by atoms with E-state index >= 15 is 0 Å². The molecule has 0 amide bonds. The zero-order valence-electron chi connectivity index (χ0n) is 27.6. The summed E-state index contributed by atoms with van der Waals surface area (Å²) < 4.78 is 11.6. The predicted octanol–water partition coefficient (Wildman–Crippen LogP) is 7.74. The monoisotopic (exact) mass is 630 g/mol. The Morgan fingerprint density at radius 2 is 1.28 bits per heavy atom. The van der Waals surface area contributed by atoms with Crippen LogP contribution < -0.4 is 25.0 Å². The molecule has 5 aromatic rings. The third kappa shape index (κ3) is 7.54. The van der Waals surface area contributed by atoms with Crippen LogP contribution in [0, 0.1) is 0 Å². The van der Waals surface area contributed by atoms with E-state index in [1.165, 1.54) is 22.0 Å². The molecule has 2 N–H and O–H groups in total. The van der Waals surface area contributed by atoms with Crippen LogP contribution in [0.5, 0.6) is 11.5 Å². The minimum atomic E-state index is 0.394. The van der Waals surface area contributed by atoms with Gasteiger partial charge in [0.15, 0.2) is 0 Å². The van der Waals surface area contributed by atoms with Gasteiger partial charge in [-0.05, 0) is 81.5 Å². The second kappa shape index (κ2) is 14.5. The number of hydrogen-bond acceptors (Lipinski definition) is 8. The summed E-state index contributed by atoms with van der Waals surface area (Å²) in [6, 6.07) is 30.5. The average Bonchev–Trinajstić information content (AvgIpc) is 3.09. The molecule has 8 heteroatoms. The van der Waals surface area contributed by atoms with E-state index in [1.54, 1.807) is 0 Å². The zero-order valence-corrected chi connectivity index (χ0v) is 27.6. The largest absolute Gasteiger partial charge is 0.494 e. The molecule has 2 aromatic heterocycles. The van der Waals surface area contributed by atoms with Gasteiger partial charge >= 0.3 is 0 Å². The number of nitrogens with one attached hydrogen (secondary N) is 2. The standard InChI is InChI=1S/C39H46N6O2/c1-3-46-32-23-28(24-33(25-32)47-4-2)27-44-19-15-30(16-20-44)41-39-26-37(34-10-6-8-12-36(34)43-39)45-21-17-31(18-22-45)40-38-14-13-29-9-5-7-11-35(29)42-38/h5-14,23-26,30-31H,3-4,15-22,27H2,1-2H3,(H,40,42)(H,41,43). The fourth-order valence-electron chi connectivity index (χ4n) is 7.04. The highest BCUT2D eigenvalue weighted by atomic mass is 16.5. The van der Waals surface area contributed by atoms with Gasteiger partial charge in [0.2, 0.25) is 0 Å². The third-order valence-corrected chi connectivity index (χ3v) is 9.39. The van der Waals surface area contributed by atoms with Crippen LogP contribution in [0.3, 0.4) is 0 Å². The maximum atomic E-state index is 5.81. The number of likely N-dealkylation sites (tertiary alicyclic amines) is 1. The average molecular weight is 631 g/mol. The van der Waals surface area contributed by atoms with E-state index in [2.05, 4.69) is 93.2 Å². The minimum absolute atomic E-state index is 0.394. The maximum absolute atomic E-state index is 5.81. The van der Waals surface area contributed by atoms with Crippen LogP contribution in [-0.4, -0.2) is 66.3 Å². The van der Waals surface area contributed by atoms with Crippen LogP contribution in [0.15, 0.2) is 84.9 Å². The van der Waals surface area contributed by atoms with Gasteiger partial charge in [0, 0.05) is 73.4 Å². The number of benzene rings is 3. The van der Waals surface area contributed by atoms with Crippen LogP contribution in [0.2, 0.25) is 0 Å². The molecule has 2 aliphatic heterocycles. The van der Waals surface area contributed by atoms with Crippen molar-refractivity contribution in [3.63, 3.8) is 0 Å². The molecule has 47 heavy (non-hydrogen) atoms. The van der Waals surface area contributed by atoms with Crippen LogP contribution in [0.25, 0.3) is 21.8 Å². The molecule has 2 fully saturated rings. The summed E-state index contributed by atoms with van der Waals surface area (Å²) in [5.74, 6) is 3.70. The number of fused-ring (bicyclic) bond motifs is 2. The quantitative estimate of drug-likeness (QED) is 0.154. The summed E-state index contributed by atoms with van der Waals surface area (Å²) in [7, 11) is 0. The molecule has 2 aliphatic rings. The smallest absolute Gasteiger partial charge is 0.128 e. The first-order valence-corrected chi connectivity index (χ1v) is 17.3. The molecule has 3 aromatic carbocycles. The first-order chi connectivity index (χ1) is 23.1. The van der Waals surface area contributed by atoms with Crippen molar-refractivity contribution in [1.29, 1.82) is 0 Å². The van der Waals surface area contributed by atoms with E-state index < -0.39 is 0 Å². The molecule has 0 aliphatic carbocycles. The molecule has 0 radical (unpaired) electrons. The molecule has 0 spiro atoms. The summed E-state index contributed by atoms with van der Waals surface area (Å²) in [6.07, 6.45) is 4.28. The zero-order chi connectivity index (χ0) is 32.0. The van der Waals surface area contributed by atoms with Crippen LogP contribution >= 0.6 is 0 Å². The number of anilines is 3. The Labute approximate surface area is 278 Å². The molecule has 0 atom stereocenters. The Bertz CT molecular complexity index is 1770. The summed E-state index contributed by atoms with van der Waals surface area (Å²) in [5, 5.41) is 9.92. The van der Waals surface area contributed by atoms with E-state index in [1.807, 2.05) is 26.0 Å². The van der Waals surface area contributed by atoms with Crippen LogP contribution in [-0.2, 0) is 6.54 Å². The molecular formula is C39H46N6O2. The number of hydrogen-bond donors (Lipinski definition) is 2. The van der Waals surface area contributed by atoms with Gasteiger partial charge in [0.25, 0.3) is 0 Å². The van der Waals surface area contributed by atoms with Gasteiger partial charge in [-0.1, -0.05) is 36.4 Å². The van der Waals surface area contributed by atoms with E-state index in [-0.39, 0.29) is 0 Å². The maximum Gasteiger partial charge on any atom is 0.128 e. The molecule has 4 heterocycles. The fourth-order valence-corrected chi connectivity index (χ4v) is 7.04. The lowest BCUT2D eigenvalue weighted by Crippen LogP contribution is -2.40. The second-order valence-corrected chi connectivity index (χ2v) is 12.7. The Balaban J connectivity index is 0.977. The summed E-state index contributed by atoms with van der Waals surface area (Å²) in [6.45, 7) is 10.3. The highest BCUT2D eigenvalue weighted by Gasteiger charge is 2.24. The summed E-state index contributed by atoms with van der Waals surface area (Å²) in [4.78, 5) is 15.0. The van der Waals surface area contributed by atoms with Gasteiger partial charge in [-0.3, -0.25) is 4.90 Å². The molecule has 7 rings (SSSR count). The molecule has 8 nitrogen and oxygen atoms in total. The predicted molar refractivity (Wildman–Crippen MR) is 193 cm³/mol. The first kappa shape index (κ1) is 31.1.